The molecule has 0 saturated carbocycles. The average molecular weight is 238 g/mol. The number of carbonyl (C=O) groups is 1. The second-order valence-electron chi connectivity index (χ2n) is 4.46. The van der Waals surface area contributed by atoms with E-state index in [1.54, 1.807) is 0 Å². The maximum Gasteiger partial charge on any atom is 0.291 e. The largest absolute Gasteiger partial charge is 0.396 e. The van der Waals surface area contributed by atoms with Gasteiger partial charge in [-0.05, 0) is 31.6 Å². The van der Waals surface area contributed by atoms with Crippen molar-refractivity contribution in [3.05, 3.63) is 12.2 Å². The van der Waals surface area contributed by atoms with Crippen molar-refractivity contribution in [2.75, 3.05) is 19.7 Å². The molecule has 1 amide bonds. The Bertz CT molecular complexity index is 352. The molecule has 2 N–H and O–H groups in total. The van der Waals surface area contributed by atoms with Gasteiger partial charge < -0.3 is 10.0 Å². The van der Waals surface area contributed by atoms with E-state index in [2.05, 4.69) is 15.2 Å². The molecule has 0 radical (unpaired) electrons. The number of nitrogens with one attached hydrogen (secondary N) is 1. The molecule has 1 atom stereocenters. The first-order chi connectivity index (χ1) is 8.31. The van der Waals surface area contributed by atoms with Crippen LogP contribution >= 0.6 is 0 Å². The molecule has 1 aliphatic rings. The fourth-order valence-corrected chi connectivity index (χ4v) is 2.32. The van der Waals surface area contributed by atoms with Crippen LogP contribution in [0.5, 0.6) is 0 Å². The molecule has 2 heterocycles. The van der Waals surface area contributed by atoms with Crippen LogP contribution in [0.25, 0.3) is 0 Å². The SMILES string of the molecule is O=C(c1ncn[nH]1)N1CCCC(CCCO)C1. The lowest BCUT2D eigenvalue weighted by atomic mass is 9.93. The van der Waals surface area contributed by atoms with E-state index in [-0.39, 0.29) is 12.5 Å². The first-order valence-electron chi connectivity index (χ1n) is 6.06. The van der Waals surface area contributed by atoms with Crippen molar-refractivity contribution < 1.29 is 9.90 Å². The zero-order chi connectivity index (χ0) is 12.1. The van der Waals surface area contributed by atoms with Crippen LogP contribution in [-0.4, -0.2) is 50.8 Å². The summed E-state index contributed by atoms with van der Waals surface area (Å²) in [6.07, 6.45) is 5.31. The van der Waals surface area contributed by atoms with E-state index in [1.165, 1.54) is 6.33 Å². The van der Waals surface area contributed by atoms with Crippen LogP contribution in [0.4, 0.5) is 0 Å². The summed E-state index contributed by atoms with van der Waals surface area (Å²) in [5.74, 6) is 0.742. The van der Waals surface area contributed by atoms with Gasteiger partial charge in [-0.2, -0.15) is 5.10 Å². The van der Waals surface area contributed by atoms with E-state index in [9.17, 15) is 4.79 Å². The third-order valence-electron chi connectivity index (χ3n) is 3.19. The van der Waals surface area contributed by atoms with Crippen LogP contribution in [0.3, 0.4) is 0 Å². The van der Waals surface area contributed by atoms with Gasteiger partial charge in [0.15, 0.2) is 0 Å². The minimum absolute atomic E-state index is 0.0730. The van der Waals surface area contributed by atoms with E-state index < -0.39 is 0 Å². The summed E-state index contributed by atoms with van der Waals surface area (Å²) in [4.78, 5) is 17.7. The molecule has 0 bridgehead atoms. The van der Waals surface area contributed by atoms with Crippen LogP contribution in [0.2, 0.25) is 0 Å². The van der Waals surface area contributed by atoms with Crippen molar-refractivity contribution in [3.8, 4) is 0 Å². The number of carbonyl (C=O) groups excluding carboxylic acids is 1. The van der Waals surface area contributed by atoms with Crippen molar-refractivity contribution in [2.45, 2.75) is 25.7 Å². The minimum Gasteiger partial charge on any atom is -0.396 e. The lowest BCUT2D eigenvalue weighted by molar-refractivity contribution is 0.0651. The first-order valence-corrected chi connectivity index (χ1v) is 6.06. The molecule has 17 heavy (non-hydrogen) atoms. The molecule has 6 heteroatoms. The summed E-state index contributed by atoms with van der Waals surface area (Å²) in [5.41, 5.74) is 0. The lowest BCUT2D eigenvalue weighted by Crippen LogP contribution is -2.40. The van der Waals surface area contributed by atoms with Gasteiger partial charge >= 0.3 is 0 Å². The summed E-state index contributed by atoms with van der Waals surface area (Å²) < 4.78 is 0. The maximum atomic E-state index is 12.0. The van der Waals surface area contributed by atoms with E-state index in [4.69, 9.17) is 5.11 Å². The maximum absolute atomic E-state index is 12.0. The number of hydrogen-bond acceptors (Lipinski definition) is 4. The Hall–Kier alpha value is -1.43. The number of H-pyrrole nitrogens is 1. The van der Waals surface area contributed by atoms with E-state index in [0.29, 0.717) is 11.7 Å². The predicted molar refractivity (Wildman–Crippen MR) is 61.3 cm³/mol. The Balaban J connectivity index is 1.90. The van der Waals surface area contributed by atoms with Gasteiger partial charge in [-0.25, -0.2) is 4.98 Å². The number of aromatic amines is 1. The quantitative estimate of drug-likeness (QED) is 0.797. The number of hydrogen-bond donors (Lipinski definition) is 2. The Kier molecular flexibility index (Phi) is 4.08. The fraction of sp³-hybridized carbons (Fsp3) is 0.727. The Morgan fingerprint density at radius 2 is 2.53 bits per heavy atom. The molecule has 1 aromatic rings. The number of rotatable bonds is 4. The van der Waals surface area contributed by atoms with Crippen LogP contribution in [0, 0.1) is 5.92 Å². The summed E-state index contributed by atoms with van der Waals surface area (Å²) in [7, 11) is 0. The van der Waals surface area contributed by atoms with Crippen LogP contribution < -0.4 is 0 Å². The van der Waals surface area contributed by atoms with Crippen molar-refractivity contribution in [1.29, 1.82) is 0 Å². The number of aliphatic hydroxyl groups is 1. The van der Waals surface area contributed by atoms with Crippen molar-refractivity contribution in [2.24, 2.45) is 5.92 Å². The molecule has 1 fully saturated rings. The number of piperidine rings is 1. The Morgan fingerprint density at radius 1 is 1.65 bits per heavy atom. The number of likely N-dealkylation sites (tertiary alicyclic amines) is 1. The molecular weight excluding hydrogens is 220 g/mol. The van der Waals surface area contributed by atoms with Crippen LogP contribution in [0.15, 0.2) is 6.33 Å². The lowest BCUT2D eigenvalue weighted by Gasteiger charge is -2.32. The molecular formula is C11H18N4O2. The van der Waals surface area contributed by atoms with Gasteiger partial charge in [0.2, 0.25) is 5.82 Å². The minimum atomic E-state index is -0.0730. The highest BCUT2D eigenvalue weighted by molar-refractivity contribution is 5.90. The van der Waals surface area contributed by atoms with Crippen LogP contribution in [-0.2, 0) is 0 Å². The number of amides is 1. The van der Waals surface area contributed by atoms with Gasteiger partial charge in [-0.1, -0.05) is 0 Å². The first kappa shape index (κ1) is 12.0. The molecule has 1 aliphatic heterocycles. The summed E-state index contributed by atoms with van der Waals surface area (Å²) in [6.45, 7) is 1.78. The molecule has 0 aliphatic carbocycles. The van der Waals surface area contributed by atoms with E-state index in [0.717, 1.165) is 38.8 Å². The molecule has 94 valence electrons. The second kappa shape index (κ2) is 5.77. The fourth-order valence-electron chi connectivity index (χ4n) is 2.32. The van der Waals surface area contributed by atoms with E-state index >= 15 is 0 Å². The molecule has 1 unspecified atom stereocenters. The normalized spacial score (nSPS) is 20.5. The van der Waals surface area contributed by atoms with Crippen molar-refractivity contribution >= 4 is 5.91 Å². The standard InChI is InChI=1S/C11H18N4O2/c16-6-2-4-9-3-1-5-15(7-9)11(17)10-12-8-13-14-10/h8-9,16H,1-7H2,(H,12,13,14). The van der Waals surface area contributed by atoms with Crippen LogP contribution in [0.1, 0.15) is 36.3 Å². The van der Waals surface area contributed by atoms with Gasteiger partial charge in [0.05, 0.1) is 0 Å². The molecule has 0 aromatic carbocycles. The number of nitrogens with zero attached hydrogens (tertiary/aromatic N) is 3. The zero-order valence-electron chi connectivity index (χ0n) is 9.80. The van der Waals surface area contributed by atoms with Crippen molar-refractivity contribution in [1.82, 2.24) is 20.1 Å². The van der Waals surface area contributed by atoms with Gasteiger partial charge in [-0.15, -0.1) is 0 Å². The number of aromatic nitrogens is 3. The zero-order valence-corrected chi connectivity index (χ0v) is 9.80. The highest BCUT2D eigenvalue weighted by atomic mass is 16.2. The summed E-state index contributed by atoms with van der Waals surface area (Å²) in [5, 5.41) is 15.1. The van der Waals surface area contributed by atoms with Gasteiger partial charge in [0, 0.05) is 19.7 Å². The van der Waals surface area contributed by atoms with Gasteiger partial charge in [0.1, 0.15) is 6.33 Å². The number of aliphatic hydroxyl groups excluding tert-OH is 1. The monoisotopic (exact) mass is 238 g/mol. The highest BCUT2D eigenvalue weighted by Crippen LogP contribution is 2.21. The molecule has 1 aromatic heterocycles. The topological polar surface area (TPSA) is 82.1 Å². The third-order valence-corrected chi connectivity index (χ3v) is 3.19. The van der Waals surface area contributed by atoms with Gasteiger partial charge in [-0.3, -0.25) is 9.89 Å². The Labute approximate surface area is 100 Å². The smallest absolute Gasteiger partial charge is 0.291 e. The molecule has 6 nitrogen and oxygen atoms in total. The van der Waals surface area contributed by atoms with Gasteiger partial charge in [0.25, 0.3) is 5.91 Å². The third kappa shape index (κ3) is 3.03. The van der Waals surface area contributed by atoms with E-state index in [1.807, 2.05) is 4.90 Å². The Morgan fingerprint density at radius 3 is 3.24 bits per heavy atom. The molecule has 2 rings (SSSR count). The summed E-state index contributed by atoms with van der Waals surface area (Å²) in [6, 6.07) is 0. The summed E-state index contributed by atoms with van der Waals surface area (Å²) >= 11 is 0. The molecule has 0 spiro atoms. The predicted octanol–water partition coefficient (Wildman–Crippen LogP) is 0.429. The second-order valence-corrected chi connectivity index (χ2v) is 4.46. The average Bonchev–Trinajstić information content (AvgIpc) is 2.89. The molecule has 1 saturated heterocycles. The van der Waals surface area contributed by atoms with Crippen molar-refractivity contribution in [3.63, 3.8) is 0 Å². The highest BCUT2D eigenvalue weighted by Gasteiger charge is 2.25.